The molecule has 3 aliphatic rings. The van der Waals surface area contributed by atoms with Crippen molar-refractivity contribution in [1.82, 2.24) is 10.2 Å². The highest BCUT2D eigenvalue weighted by atomic mass is 32.2. The van der Waals surface area contributed by atoms with Gasteiger partial charge in [0.15, 0.2) is 0 Å². The number of carbonyl (C=O) groups excluding carboxylic acids is 1. The van der Waals surface area contributed by atoms with Crippen molar-refractivity contribution in [2.45, 2.75) is 30.7 Å². The Kier molecular flexibility index (Phi) is 3.23. The highest BCUT2D eigenvalue weighted by Crippen LogP contribution is 2.46. The topological polar surface area (TPSA) is 69.6 Å². The number of rotatable bonds is 3. The second kappa shape index (κ2) is 4.74. The molecule has 0 aromatic carbocycles. The van der Waals surface area contributed by atoms with Gasteiger partial charge in [0.2, 0.25) is 5.91 Å². The normalized spacial score (nSPS) is 36.0. The van der Waals surface area contributed by atoms with Crippen molar-refractivity contribution >= 4 is 23.6 Å². The zero-order valence-corrected chi connectivity index (χ0v) is 11.0. The summed E-state index contributed by atoms with van der Waals surface area (Å²) in [6.45, 7) is 1.56. The summed E-state index contributed by atoms with van der Waals surface area (Å²) in [4.78, 5) is 25.5. The molecule has 0 aromatic rings. The fourth-order valence-corrected chi connectivity index (χ4v) is 4.46. The van der Waals surface area contributed by atoms with Crippen molar-refractivity contribution in [2.24, 2.45) is 11.8 Å². The van der Waals surface area contributed by atoms with Gasteiger partial charge in [0.1, 0.15) is 6.04 Å². The fraction of sp³-hybridized carbons (Fsp3) is 0.833. The molecule has 0 aromatic heterocycles. The summed E-state index contributed by atoms with van der Waals surface area (Å²) in [6.07, 6.45) is 3.11. The van der Waals surface area contributed by atoms with Crippen LogP contribution in [-0.4, -0.2) is 52.1 Å². The molecule has 2 N–H and O–H groups in total. The van der Waals surface area contributed by atoms with Gasteiger partial charge in [-0.3, -0.25) is 4.79 Å². The van der Waals surface area contributed by atoms with Gasteiger partial charge in [0, 0.05) is 12.3 Å². The maximum Gasteiger partial charge on any atom is 0.327 e. The lowest BCUT2D eigenvalue weighted by atomic mass is 10.1. The molecule has 0 spiro atoms. The molecule has 3 atom stereocenters. The van der Waals surface area contributed by atoms with Crippen LogP contribution in [0.25, 0.3) is 0 Å². The van der Waals surface area contributed by atoms with Crippen molar-refractivity contribution in [3.05, 3.63) is 0 Å². The Morgan fingerprint density at radius 3 is 2.61 bits per heavy atom. The number of nitrogens with one attached hydrogen (secondary N) is 1. The highest BCUT2D eigenvalue weighted by molar-refractivity contribution is 8.00. The summed E-state index contributed by atoms with van der Waals surface area (Å²) in [7, 11) is 0. The third kappa shape index (κ3) is 2.12. The number of nitrogens with zero attached hydrogens (tertiary/aromatic N) is 1. The van der Waals surface area contributed by atoms with E-state index in [0.717, 1.165) is 25.8 Å². The molecule has 6 heteroatoms. The number of aliphatic carboxylic acids is 1. The average molecular weight is 270 g/mol. The minimum absolute atomic E-state index is 0.0215. The minimum Gasteiger partial charge on any atom is -0.480 e. The predicted octanol–water partition coefficient (Wildman–Crippen LogP) is 0.361. The van der Waals surface area contributed by atoms with Crippen LogP contribution >= 0.6 is 11.8 Å². The first-order valence-corrected chi connectivity index (χ1v) is 7.60. The summed E-state index contributed by atoms with van der Waals surface area (Å²) in [5, 5.41) is 12.6. The first-order chi connectivity index (χ1) is 8.68. The lowest BCUT2D eigenvalue weighted by molar-refractivity contribution is -0.150. The van der Waals surface area contributed by atoms with Crippen LogP contribution in [0.5, 0.6) is 0 Å². The molecule has 1 aliphatic carbocycles. The molecule has 3 unspecified atom stereocenters. The Labute approximate surface area is 110 Å². The van der Waals surface area contributed by atoms with Crippen LogP contribution in [0.1, 0.15) is 19.3 Å². The standard InChI is InChI=1S/C12H18N2O3S/c15-10(8-3-4-13-5-8)14-9(12(16)17)6-18-11(14)7-1-2-7/h7-9,11,13H,1-6H2,(H,16,17). The molecule has 100 valence electrons. The number of thioether (sulfide) groups is 1. The zero-order valence-electron chi connectivity index (χ0n) is 10.2. The summed E-state index contributed by atoms with van der Waals surface area (Å²) in [5.74, 6) is 0.242. The van der Waals surface area contributed by atoms with Gasteiger partial charge in [-0.15, -0.1) is 11.8 Å². The number of amides is 1. The summed E-state index contributed by atoms with van der Waals surface area (Å²) < 4.78 is 0. The molecule has 5 nitrogen and oxygen atoms in total. The monoisotopic (exact) mass is 270 g/mol. The van der Waals surface area contributed by atoms with Crippen LogP contribution in [0, 0.1) is 11.8 Å². The number of carboxylic acid groups (broad SMARTS) is 1. The predicted molar refractivity (Wildman–Crippen MR) is 68.2 cm³/mol. The largest absolute Gasteiger partial charge is 0.480 e. The lowest BCUT2D eigenvalue weighted by Gasteiger charge is -2.29. The first-order valence-electron chi connectivity index (χ1n) is 6.56. The molecular formula is C12H18N2O3S. The number of hydrogen-bond donors (Lipinski definition) is 2. The molecule has 2 heterocycles. The number of carbonyl (C=O) groups is 2. The molecule has 1 amide bonds. The average Bonchev–Trinajstić information content (AvgIpc) is 2.91. The quantitative estimate of drug-likeness (QED) is 0.775. The molecule has 3 rings (SSSR count). The van der Waals surface area contributed by atoms with Gasteiger partial charge in [0.05, 0.1) is 11.3 Å². The van der Waals surface area contributed by atoms with E-state index < -0.39 is 12.0 Å². The van der Waals surface area contributed by atoms with Crippen LogP contribution in [0.3, 0.4) is 0 Å². The summed E-state index contributed by atoms with van der Waals surface area (Å²) in [5.41, 5.74) is 0. The molecule has 18 heavy (non-hydrogen) atoms. The Morgan fingerprint density at radius 2 is 2.06 bits per heavy atom. The van der Waals surface area contributed by atoms with E-state index in [1.54, 1.807) is 16.7 Å². The van der Waals surface area contributed by atoms with Crippen LogP contribution < -0.4 is 5.32 Å². The Balaban J connectivity index is 1.78. The van der Waals surface area contributed by atoms with Gasteiger partial charge in [-0.25, -0.2) is 4.79 Å². The molecule has 2 saturated heterocycles. The summed E-state index contributed by atoms with van der Waals surface area (Å²) in [6, 6.07) is -0.617. The van der Waals surface area contributed by atoms with E-state index in [1.165, 1.54) is 0 Å². The Morgan fingerprint density at radius 1 is 1.28 bits per heavy atom. The second-order valence-electron chi connectivity index (χ2n) is 5.35. The smallest absolute Gasteiger partial charge is 0.327 e. The maximum absolute atomic E-state index is 12.5. The van der Waals surface area contributed by atoms with Gasteiger partial charge < -0.3 is 15.3 Å². The van der Waals surface area contributed by atoms with Gasteiger partial charge >= 0.3 is 5.97 Å². The van der Waals surface area contributed by atoms with Crippen LogP contribution in [-0.2, 0) is 9.59 Å². The molecule has 2 aliphatic heterocycles. The van der Waals surface area contributed by atoms with E-state index in [2.05, 4.69) is 5.32 Å². The van der Waals surface area contributed by atoms with Crippen LogP contribution in [0.15, 0.2) is 0 Å². The summed E-state index contributed by atoms with van der Waals surface area (Å²) >= 11 is 1.65. The van der Waals surface area contributed by atoms with Crippen LogP contribution in [0.2, 0.25) is 0 Å². The number of carboxylic acids is 1. The van der Waals surface area contributed by atoms with E-state index in [9.17, 15) is 14.7 Å². The van der Waals surface area contributed by atoms with Crippen molar-refractivity contribution < 1.29 is 14.7 Å². The van der Waals surface area contributed by atoms with Gasteiger partial charge in [0.25, 0.3) is 0 Å². The molecule has 1 saturated carbocycles. The van der Waals surface area contributed by atoms with Gasteiger partial charge in [-0.2, -0.15) is 0 Å². The third-order valence-electron chi connectivity index (χ3n) is 4.01. The zero-order chi connectivity index (χ0) is 12.7. The van der Waals surface area contributed by atoms with Crippen molar-refractivity contribution in [1.29, 1.82) is 0 Å². The van der Waals surface area contributed by atoms with Crippen molar-refractivity contribution in [2.75, 3.05) is 18.8 Å². The van der Waals surface area contributed by atoms with E-state index in [-0.39, 0.29) is 17.2 Å². The molecule has 0 radical (unpaired) electrons. The van der Waals surface area contributed by atoms with E-state index in [0.29, 0.717) is 18.2 Å². The van der Waals surface area contributed by atoms with Crippen molar-refractivity contribution in [3.8, 4) is 0 Å². The van der Waals surface area contributed by atoms with Gasteiger partial charge in [-0.1, -0.05) is 0 Å². The van der Waals surface area contributed by atoms with E-state index in [1.807, 2.05) is 0 Å². The molecule has 3 fully saturated rings. The first kappa shape index (κ1) is 12.3. The third-order valence-corrected chi connectivity index (χ3v) is 5.47. The Hall–Kier alpha value is -0.750. The SMILES string of the molecule is O=C(O)C1CSC(C2CC2)N1C(=O)C1CCNC1. The fourth-order valence-electron chi connectivity index (χ4n) is 2.82. The maximum atomic E-state index is 12.5. The van der Waals surface area contributed by atoms with Crippen molar-refractivity contribution in [3.63, 3.8) is 0 Å². The number of hydrogen-bond acceptors (Lipinski definition) is 4. The minimum atomic E-state index is -0.857. The van der Waals surface area contributed by atoms with E-state index >= 15 is 0 Å². The van der Waals surface area contributed by atoms with Crippen LogP contribution in [0.4, 0.5) is 0 Å². The molecular weight excluding hydrogens is 252 g/mol. The highest BCUT2D eigenvalue weighted by Gasteiger charge is 2.49. The lowest BCUT2D eigenvalue weighted by Crippen LogP contribution is -2.49. The molecule has 0 bridgehead atoms. The van der Waals surface area contributed by atoms with Gasteiger partial charge in [-0.05, 0) is 31.7 Å². The Bertz CT molecular complexity index is 366. The second-order valence-corrected chi connectivity index (χ2v) is 6.50. The van der Waals surface area contributed by atoms with E-state index in [4.69, 9.17) is 0 Å².